The Bertz CT molecular complexity index is 724. The number of hydrogen-bond donors (Lipinski definition) is 0. The van der Waals surface area contributed by atoms with Gasteiger partial charge in [0, 0.05) is 32.0 Å². The maximum atomic E-state index is 13.3. The molecule has 118 valence electrons. The topological polar surface area (TPSA) is 42.6 Å². The fourth-order valence-electron chi connectivity index (χ4n) is 2.49. The highest BCUT2D eigenvalue weighted by Gasteiger charge is 2.23. The van der Waals surface area contributed by atoms with E-state index in [9.17, 15) is 4.39 Å². The number of rotatable bonds is 3. The summed E-state index contributed by atoms with van der Waals surface area (Å²) in [5.74, 6) is 1.28. The third kappa shape index (κ3) is 3.77. The van der Waals surface area contributed by atoms with Gasteiger partial charge in [-0.1, -0.05) is 6.57 Å². The second kappa shape index (κ2) is 6.92. The summed E-state index contributed by atoms with van der Waals surface area (Å²) in [7, 11) is 0. The molecule has 23 heavy (non-hydrogen) atoms. The van der Waals surface area contributed by atoms with Gasteiger partial charge >= 0.3 is 0 Å². The first-order valence-corrected chi connectivity index (χ1v) is 8.01. The van der Waals surface area contributed by atoms with Crippen molar-refractivity contribution >= 4 is 27.6 Å². The summed E-state index contributed by atoms with van der Waals surface area (Å²) >= 11 is 3.37. The number of piperidine rings is 1. The van der Waals surface area contributed by atoms with Gasteiger partial charge in [-0.2, -0.15) is 0 Å². The molecule has 2 heterocycles. The molecule has 1 aliphatic heterocycles. The minimum Gasteiger partial charge on any atom is -0.489 e. The number of aromatic nitrogens is 2. The first-order chi connectivity index (χ1) is 11.2. The second-order valence-electron chi connectivity index (χ2n) is 5.22. The summed E-state index contributed by atoms with van der Waals surface area (Å²) in [6, 6.07) is 4.43. The quantitative estimate of drug-likeness (QED) is 0.759. The van der Waals surface area contributed by atoms with Crippen LogP contribution < -0.4 is 9.64 Å². The molecule has 0 unspecified atom stereocenters. The van der Waals surface area contributed by atoms with Gasteiger partial charge < -0.3 is 14.5 Å². The first kappa shape index (κ1) is 15.7. The lowest BCUT2D eigenvalue weighted by Crippen LogP contribution is -2.38. The number of hydrogen-bond acceptors (Lipinski definition) is 4. The highest BCUT2D eigenvalue weighted by Crippen LogP contribution is 2.29. The lowest BCUT2D eigenvalue weighted by molar-refractivity contribution is 0.169. The highest BCUT2D eigenvalue weighted by molar-refractivity contribution is 9.10. The average molecular weight is 377 g/mol. The molecule has 0 aliphatic carbocycles. The van der Waals surface area contributed by atoms with E-state index in [-0.39, 0.29) is 11.9 Å². The number of benzene rings is 1. The van der Waals surface area contributed by atoms with E-state index in [0.717, 1.165) is 36.2 Å². The lowest BCUT2D eigenvalue weighted by atomic mass is 10.1. The highest BCUT2D eigenvalue weighted by atomic mass is 79.9. The molecule has 0 bridgehead atoms. The van der Waals surface area contributed by atoms with Crippen LogP contribution in [-0.4, -0.2) is 29.2 Å². The molecule has 1 saturated heterocycles. The van der Waals surface area contributed by atoms with Gasteiger partial charge in [-0.15, -0.1) is 4.98 Å². The van der Waals surface area contributed by atoms with Gasteiger partial charge in [0.1, 0.15) is 17.7 Å². The Morgan fingerprint density at radius 3 is 2.70 bits per heavy atom. The van der Waals surface area contributed by atoms with Crippen LogP contribution in [0.1, 0.15) is 12.8 Å². The van der Waals surface area contributed by atoms with Crippen LogP contribution in [0, 0.1) is 12.4 Å². The van der Waals surface area contributed by atoms with E-state index in [0.29, 0.717) is 11.6 Å². The van der Waals surface area contributed by atoms with E-state index in [1.54, 1.807) is 12.3 Å². The summed E-state index contributed by atoms with van der Waals surface area (Å²) in [5, 5.41) is 0. The molecule has 7 heteroatoms. The Hall–Kier alpha value is -2.20. The third-order valence-electron chi connectivity index (χ3n) is 3.69. The average Bonchev–Trinajstić information content (AvgIpc) is 2.59. The van der Waals surface area contributed by atoms with Crippen molar-refractivity contribution in [1.82, 2.24) is 9.97 Å². The third-order valence-corrected chi connectivity index (χ3v) is 4.35. The molecule has 0 amide bonds. The van der Waals surface area contributed by atoms with Crippen LogP contribution in [0.25, 0.3) is 4.85 Å². The van der Waals surface area contributed by atoms with Gasteiger partial charge in [-0.3, -0.25) is 0 Å². The molecule has 1 aromatic carbocycles. The summed E-state index contributed by atoms with van der Waals surface area (Å²) in [6.45, 7) is 8.45. The zero-order chi connectivity index (χ0) is 16.2. The molecule has 1 fully saturated rings. The van der Waals surface area contributed by atoms with Gasteiger partial charge in [0.25, 0.3) is 5.82 Å². The second-order valence-corrected chi connectivity index (χ2v) is 6.08. The molecular weight excluding hydrogens is 363 g/mol. The summed E-state index contributed by atoms with van der Waals surface area (Å²) < 4.78 is 20.0. The van der Waals surface area contributed by atoms with Crippen molar-refractivity contribution in [2.45, 2.75) is 18.9 Å². The van der Waals surface area contributed by atoms with E-state index >= 15 is 0 Å². The fourth-order valence-corrected chi connectivity index (χ4v) is 2.83. The number of halogens is 2. The summed E-state index contributed by atoms with van der Waals surface area (Å²) in [6.07, 6.45) is 4.77. The van der Waals surface area contributed by atoms with Crippen molar-refractivity contribution in [1.29, 1.82) is 0 Å². The Morgan fingerprint density at radius 1 is 1.26 bits per heavy atom. The smallest absolute Gasteiger partial charge is 0.288 e. The lowest BCUT2D eigenvalue weighted by Gasteiger charge is -2.32. The van der Waals surface area contributed by atoms with E-state index in [4.69, 9.17) is 11.3 Å². The normalized spacial score (nSPS) is 15.3. The fraction of sp³-hybridized carbons (Fsp3) is 0.312. The summed E-state index contributed by atoms with van der Waals surface area (Å²) in [4.78, 5) is 13.6. The molecule has 3 rings (SSSR count). The Labute approximate surface area is 142 Å². The van der Waals surface area contributed by atoms with Crippen molar-refractivity contribution in [2.24, 2.45) is 0 Å². The molecule has 0 saturated carbocycles. The first-order valence-electron chi connectivity index (χ1n) is 7.22. The monoisotopic (exact) mass is 376 g/mol. The van der Waals surface area contributed by atoms with Gasteiger partial charge in [0.15, 0.2) is 12.0 Å². The minimum atomic E-state index is -0.309. The summed E-state index contributed by atoms with van der Waals surface area (Å²) in [5.41, 5.74) is 0. The number of ether oxygens (including phenoxy) is 1. The van der Waals surface area contributed by atoms with Crippen LogP contribution in [0.15, 0.2) is 35.1 Å². The van der Waals surface area contributed by atoms with Crippen LogP contribution >= 0.6 is 15.9 Å². The van der Waals surface area contributed by atoms with E-state index < -0.39 is 0 Å². The Morgan fingerprint density at radius 2 is 2.04 bits per heavy atom. The van der Waals surface area contributed by atoms with Gasteiger partial charge in [0.05, 0.1) is 10.7 Å². The molecule has 0 atom stereocenters. The molecule has 0 radical (unpaired) electrons. The van der Waals surface area contributed by atoms with Crippen molar-refractivity contribution in [3.63, 3.8) is 0 Å². The Kier molecular flexibility index (Phi) is 4.72. The maximum Gasteiger partial charge on any atom is 0.288 e. The Balaban J connectivity index is 1.59. The van der Waals surface area contributed by atoms with Gasteiger partial charge in [0.2, 0.25) is 0 Å². The number of anilines is 1. The molecule has 1 aromatic heterocycles. The van der Waals surface area contributed by atoms with E-state index in [2.05, 4.69) is 35.6 Å². The molecule has 0 N–H and O–H groups in total. The van der Waals surface area contributed by atoms with Crippen LogP contribution in [0.4, 0.5) is 16.0 Å². The zero-order valence-electron chi connectivity index (χ0n) is 12.2. The van der Waals surface area contributed by atoms with Crippen LogP contribution in [0.2, 0.25) is 0 Å². The van der Waals surface area contributed by atoms with Gasteiger partial charge in [-0.05, 0) is 28.1 Å². The van der Waals surface area contributed by atoms with Crippen molar-refractivity contribution in [3.05, 3.63) is 52.3 Å². The van der Waals surface area contributed by atoms with E-state index in [1.165, 1.54) is 18.3 Å². The SMILES string of the molecule is [C-]#[N+]c1cnc(N2CCC(Oc3cc(F)ccc3Br)CC2)cn1. The molecular formula is C16H14BrFN4O. The van der Waals surface area contributed by atoms with Crippen molar-refractivity contribution in [3.8, 4) is 5.75 Å². The van der Waals surface area contributed by atoms with Crippen LogP contribution in [-0.2, 0) is 0 Å². The van der Waals surface area contributed by atoms with Crippen LogP contribution in [0.3, 0.4) is 0 Å². The molecule has 2 aromatic rings. The maximum absolute atomic E-state index is 13.3. The largest absolute Gasteiger partial charge is 0.489 e. The standard InChI is InChI=1S/C16H14BrFN4O/c1-19-15-9-21-16(10-20-15)22-6-4-12(5-7-22)23-14-8-11(18)2-3-13(14)17/h2-3,8-10,12H,4-7H2. The van der Waals surface area contributed by atoms with Crippen molar-refractivity contribution in [2.75, 3.05) is 18.0 Å². The van der Waals surface area contributed by atoms with Crippen molar-refractivity contribution < 1.29 is 9.13 Å². The minimum absolute atomic E-state index is 0.0415. The predicted molar refractivity (Wildman–Crippen MR) is 88.3 cm³/mol. The predicted octanol–water partition coefficient (Wildman–Crippen LogP) is 3.98. The van der Waals surface area contributed by atoms with E-state index in [1.807, 2.05) is 0 Å². The molecule has 0 spiro atoms. The zero-order valence-corrected chi connectivity index (χ0v) is 13.8. The molecule has 1 aliphatic rings. The number of nitrogens with zero attached hydrogens (tertiary/aromatic N) is 4. The van der Waals surface area contributed by atoms with Gasteiger partial charge in [-0.25, -0.2) is 9.37 Å². The van der Waals surface area contributed by atoms with Crippen LogP contribution in [0.5, 0.6) is 5.75 Å². The molecule has 5 nitrogen and oxygen atoms in total.